The molecule has 21 heavy (non-hydrogen) atoms. The van der Waals surface area contributed by atoms with Crippen molar-refractivity contribution < 1.29 is 31.5 Å². The number of nitrogens with zero attached hydrogens (tertiary/aromatic N) is 1. The van der Waals surface area contributed by atoms with Crippen LogP contribution in [0.3, 0.4) is 0 Å². The summed E-state index contributed by atoms with van der Waals surface area (Å²) in [6, 6.07) is -0.772. The summed E-state index contributed by atoms with van der Waals surface area (Å²) < 4.78 is 70.1. The van der Waals surface area contributed by atoms with E-state index in [1.807, 2.05) is 0 Å². The Hall–Kier alpha value is -0.990. The molecular formula is C12H14F5NO2S. The van der Waals surface area contributed by atoms with Gasteiger partial charge in [-0.25, -0.2) is 13.6 Å². The highest BCUT2D eigenvalue weighted by Crippen LogP contribution is 2.47. The smallest absolute Gasteiger partial charge is 0.424 e. The van der Waals surface area contributed by atoms with E-state index in [1.54, 1.807) is 0 Å². The Kier molecular flexibility index (Phi) is 4.41. The lowest BCUT2D eigenvalue weighted by Crippen LogP contribution is -2.35. The minimum absolute atomic E-state index is 0.0571. The van der Waals surface area contributed by atoms with E-state index in [0.717, 1.165) is 4.90 Å². The van der Waals surface area contributed by atoms with Crippen LogP contribution in [0, 0.1) is 0 Å². The van der Waals surface area contributed by atoms with Crippen molar-refractivity contribution in [2.24, 2.45) is 0 Å². The molecule has 0 aromatic rings. The first kappa shape index (κ1) is 16.4. The summed E-state index contributed by atoms with van der Waals surface area (Å²) in [6.45, 7) is 1.40. The van der Waals surface area contributed by atoms with Crippen LogP contribution in [0.4, 0.5) is 22.0 Å². The van der Waals surface area contributed by atoms with Gasteiger partial charge in [-0.1, -0.05) is 11.8 Å². The highest BCUT2D eigenvalue weighted by molar-refractivity contribution is 8.03. The molecule has 1 aliphatic carbocycles. The zero-order valence-electron chi connectivity index (χ0n) is 11.2. The fraction of sp³-hybridized carbons (Fsp3) is 0.750. The van der Waals surface area contributed by atoms with Crippen molar-refractivity contribution in [3.05, 3.63) is 10.6 Å². The number of thioether (sulfide) groups is 1. The Morgan fingerprint density at radius 3 is 2.62 bits per heavy atom. The number of rotatable bonds is 3. The number of alkyl halides is 5. The van der Waals surface area contributed by atoms with Crippen LogP contribution in [0.25, 0.3) is 0 Å². The van der Waals surface area contributed by atoms with Gasteiger partial charge in [0.05, 0.1) is 12.5 Å². The van der Waals surface area contributed by atoms with Crippen molar-refractivity contribution in [1.29, 1.82) is 0 Å². The molecule has 0 saturated heterocycles. The van der Waals surface area contributed by atoms with Crippen molar-refractivity contribution in [3.8, 4) is 0 Å². The summed E-state index contributed by atoms with van der Waals surface area (Å²) in [5.74, 6) is -4.16. The number of esters is 1. The molecular weight excluding hydrogens is 317 g/mol. The van der Waals surface area contributed by atoms with E-state index in [-0.39, 0.29) is 25.3 Å². The third kappa shape index (κ3) is 3.44. The van der Waals surface area contributed by atoms with Crippen molar-refractivity contribution in [1.82, 2.24) is 4.90 Å². The van der Waals surface area contributed by atoms with Crippen molar-refractivity contribution in [2.75, 3.05) is 12.5 Å². The van der Waals surface area contributed by atoms with E-state index in [0.29, 0.717) is 11.8 Å². The predicted molar refractivity (Wildman–Crippen MR) is 66.6 cm³/mol. The normalized spacial score (nSPS) is 25.6. The first-order valence-corrected chi connectivity index (χ1v) is 7.40. The van der Waals surface area contributed by atoms with Crippen molar-refractivity contribution in [3.63, 3.8) is 0 Å². The molecule has 0 aromatic heterocycles. The first-order valence-electron chi connectivity index (χ1n) is 6.41. The van der Waals surface area contributed by atoms with Crippen LogP contribution in [-0.4, -0.2) is 41.5 Å². The van der Waals surface area contributed by atoms with Crippen LogP contribution >= 0.6 is 11.8 Å². The predicted octanol–water partition coefficient (Wildman–Crippen LogP) is 3.52. The largest absolute Gasteiger partial charge is 0.461 e. The second-order valence-corrected chi connectivity index (χ2v) is 5.85. The third-order valence-corrected chi connectivity index (χ3v) is 4.52. The summed E-state index contributed by atoms with van der Waals surface area (Å²) in [4.78, 5) is 11.9. The van der Waals surface area contributed by atoms with Gasteiger partial charge >= 0.3 is 12.1 Å². The van der Waals surface area contributed by atoms with Gasteiger partial charge in [-0.3, -0.25) is 0 Å². The van der Waals surface area contributed by atoms with Crippen LogP contribution in [-0.2, 0) is 9.53 Å². The Labute approximate surface area is 122 Å². The molecule has 2 aliphatic rings. The summed E-state index contributed by atoms with van der Waals surface area (Å²) in [5.41, 5.74) is -0.628. The first-order chi connectivity index (χ1) is 9.65. The molecule has 0 aromatic carbocycles. The topological polar surface area (TPSA) is 29.5 Å². The third-order valence-electron chi connectivity index (χ3n) is 3.39. The maximum Gasteiger partial charge on any atom is 0.424 e. The van der Waals surface area contributed by atoms with Gasteiger partial charge in [-0.15, -0.1) is 0 Å². The number of halogens is 5. The second kappa shape index (κ2) is 5.66. The maximum atomic E-state index is 13.3. The van der Waals surface area contributed by atoms with Gasteiger partial charge in [0, 0.05) is 18.9 Å². The monoisotopic (exact) mass is 331 g/mol. The van der Waals surface area contributed by atoms with Crippen molar-refractivity contribution >= 4 is 17.7 Å². The molecule has 1 aliphatic heterocycles. The molecule has 0 N–H and O–H groups in total. The molecule has 0 bridgehead atoms. The van der Waals surface area contributed by atoms with Gasteiger partial charge in [0.15, 0.2) is 0 Å². The molecule has 0 amide bonds. The Bertz CT molecular complexity index is 463. The molecule has 1 fully saturated rings. The minimum atomic E-state index is -4.69. The molecule has 3 nitrogen and oxygen atoms in total. The summed E-state index contributed by atoms with van der Waals surface area (Å²) in [7, 11) is 0. The van der Waals surface area contributed by atoms with Gasteiger partial charge in [0.25, 0.3) is 0 Å². The van der Waals surface area contributed by atoms with E-state index in [1.165, 1.54) is 6.92 Å². The molecule has 9 heteroatoms. The van der Waals surface area contributed by atoms with Crippen LogP contribution in [0.2, 0.25) is 0 Å². The van der Waals surface area contributed by atoms with Gasteiger partial charge in [-0.05, 0) is 13.3 Å². The summed E-state index contributed by atoms with van der Waals surface area (Å²) in [5, 5.41) is 0. The maximum absolute atomic E-state index is 13.3. The number of ether oxygens (including phenoxy) is 1. The zero-order chi connectivity index (χ0) is 15.8. The number of carbonyl (C=O) groups is 1. The quantitative estimate of drug-likeness (QED) is 0.585. The average Bonchev–Trinajstić information content (AvgIpc) is 2.91. The Balaban J connectivity index is 2.30. The summed E-state index contributed by atoms with van der Waals surface area (Å²) in [6.07, 6.45) is -5.55. The lowest BCUT2D eigenvalue weighted by atomic mass is 10.2. The van der Waals surface area contributed by atoms with Crippen LogP contribution < -0.4 is 0 Å². The molecule has 1 saturated carbocycles. The minimum Gasteiger partial charge on any atom is -0.461 e. The van der Waals surface area contributed by atoms with E-state index >= 15 is 0 Å². The van der Waals surface area contributed by atoms with Gasteiger partial charge in [0.2, 0.25) is 5.92 Å². The summed E-state index contributed by atoms with van der Waals surface area (Å²) >= 11 is 0.442. The number of carbonyl (C=O) groups excluding carboxylic acids is 1. The van der Waals surface area contributed by atoms with E-state index < -0.39 is 41.1 Å². The second-order valence-electron chi connectivity index (χ2n) is 4.89. The van der Waals surface area contributed by atoms with Crippen molar-refractivity contribution in [2.45, 2.75) is 44.3 Å². The van der Waals surface area contributed by atoms with Crippen LogP contribution in [0.1, 0.15) is 26.2 Å². The molecule has 2 rings (SSSR count). The average molecular weight is 331 g/mol. The molecule has 1 unspecified atom stereocenters. The Morgan fingerprint density at radius 1 is 1.48 bits per heavy atom. The molecule has 1 atom stereocenters. The Morgan fingerprint density at radius 2 is 2.14 bits per heavy atom. The number of hydrogen-bond donors (Lipinski definition) is 0. The van der Waals surface area contributed by atoms with E-state index in [2.05, 4.69) is 4.74 Å². The highest BCUT2D eigenvalue weighted by atomic mass is 32.2. The van der Waals surface area contributed by atoms with Gasteiger partial charge in [-0.2, -0.15) is 13.2 Å². The molecule has 120 valence electrons. The number of hydrogen-bond acceptors (Lipinski definition) is 4. The SMILES string of the molecule is CCOC(=O)C1=C(C(F)(F)F)SCN1C1CCC(F)(F)C1. The molecule has 1 heterocycles. The van der Waals surface area contributed by atoms with Gasteiger partial charge in [0.1, 0.15) is 10.6 Å². The fourth-order valence-corrected chi connectivity index (χ4v) is 3.61. The van der Waals surface area contributed by atoms with Crippen LogP contribution in [0.15, 0.2) is 10.6 Å². The van der Waals surface area contributed by atoms with E-state index in [9.17, 15) is 26.7 Å². The number of allylic oxidation sites excluding steroid dienone is 1. The molecule has 0 spiro atoms. The zero-order valence-corrected chi connectivity index (χ0v) is 12.0. The standard InChI is InChI=1S/C12H14F5NO2S/c1-2-20-10(19)8-9(12(15,16)17)21-6-18(8)7-3-4-11(13,14)5-7/h7H,2-6H2,1H3. The van der Waals surface area contributed by atoms with E-state index in [4.69, 9.17) is 0 Å². The molecule has 0 radical (unpaired) electrons. The van der Waals surface area contributed by atoms with Gasteiger partial charge < -0.3 is 9.64 Å². The fourth-order valence-electron chi connectivity index (χ4n) is 2.50. The lowest BCUT2D eigenvalue weighted by molar-refractivity contribution is -0.141. The highest BCUT2D eigenvalue weighted by Gasteiger charge is 2.50. The van der Waals surface area contributed by atoms with Crippen LogP contribution in [0.5, 0.6) is 0 Å². The lowest BCUT2D eigenvalue weighted by Gasteiger charge is -2.27.